The number of anilines is 1. The van der Waals surface area contributed by atoms with Crippen molar-refractivity contribution < 1.29 is 9.53 Å². The highest BCUT2D eigenvalue weighted by Gasteiger charge is 2.68. The molecular weight excluding hydrogens is 498 g/mol. The molecule has 1 aliphatic heterocycles. The topological polar surface area (TPSA) is 38.3 Å². The lowest BCUT2D eigenvalue weighted by Crippen LogP contribution is -2.64. The van der Waals surface area contributed by atoms with Gasteiger partial charge in [-0.25, -0.2) is 0 Å². The van der Waals surface area contributed by atoms with Gasteiger partial charge in [0, 0.05) is 17.5 Å². The minimum Gasteiger partial charge on any atom is -0.463 e. The first-order chi connectivity index (χ1) is 18.6. The zero-order valence-corrected chi connectivity index (χ0v) is 26.2. The van der Waals surface area contributed by atoms with Gasteiger partial charge in [0.15, 0.2) is 0 Å². The van der Waals surface area contributed by atoms with E-state index in [4.69, 9.17) is 4.74 Å². The minimum absolute atomic E-state index is 0.0682. The molecule has 3 nitrogen and oxygen atoms in total. The largest absolute Gasteiger partial charge is 0.463 e. The van der Waals surface area contributed by atoms with Gasteiger partial charge in [0.25, 0.3) is 0 Å². The summed E-state index contributed by atoms with van der Waals surface area (Å²) in [5.74, 6) is 5.25. The van der Waals surface area contributed by atoms with Crippen LogP contribution in [-0.2, 0) is 9.53 Å². The van der Waals surface area contributed by atoms with Crippen molar-refractivity contribution >= 4 is 23.4 Å². The Morgan fingerprint density at radius 2 is 1.77 bits per heavy atom. The molecule has 4 aliphatic carbocycles. The van der Waals surface area contributed by atoms with Crippen LogP contribution in [0.1, 0.15) is 112 Å². The molecule has 39 heavy (non-hydrogen) atoms. The quantitative estimate of drug-likeness (QED) is 0.357. The molecule has 0 radical (unpaired) electrons. The van der Waals surface area contributed by atoms with Gasteiger partial charge in [0.2, 0.25) is 0 Å². The highest BCUT2D eigenvalue weighted by molar-refractivity contribution is 8.01. The molecule has 1 aromatic rings. The molecule has 5 aliphatic rings. The summed E-state index contributed by atoms with van der Waals surface area (Å²) in [5, 5.41) is 4.23. The Morgan fingerprint density at radius 3 is 2.51 bits per heavy atom. The fourth-order valence-electron chi connectivity index (χ4n) is 10.9. The van der Waals surface area contributed by atoms with Crippen molar-refractivity contribution in [2.75, 3.05) is 5.32 Å². The molecule has 4 fully saturated rings. The summed E-state index contributed by atoms with van der Waals surface area (Å²) in [7, 11) is 0. The third-order valence-electron chi connectivity index (χ3n) is 12.7. The lowest BCUT2D eigenvalue weighted by Gasteiger charge is -2.66. The number of rotatable bonds is 6. The van der Waals surface area contributed by atoms with Crippen LogP contribution in [-0.4, -0.2) is 16.9 Å². The summed E-state index contributed by atoms with van der Waals surface area (Å²) in [6, 6.07) is 9.05. The fraction of sp³-hybridized carbons (Fsp3) is 0.800. The van der Waals surface area contributed by atoms with Crippen molar-refractivity contribution in [2.24, 2.45) is 52.3 Å². The number of nitrogens with one attached hydrogen (secondary N) is 1. The summed E-state index contributed by atoms with van der Waals surface area (Å²) in [6.07, 6.45) is 14.4. The molecule has 4 saturated carbocycles. The van der Waals surface area contributed by atoms with E-state index < -0.39 is 0 Å². The van der Waals surface area contributed by atoms with Gasteiger partial charge >= 0.3 is 5.97 Å². The van der Waals surface area contributed by atoms with E-state index in [2.05, 4.69) is 76.0 Å². The molecule has 0 aromatic heterocycles. The van der Waals surface area contributed by atoms with Gasteiger partial charge in [-0.05, 0) is 116 Å². The van der Waals surface area contributed by atoms with Gasteiger partial charge in [-0.1, -0.05) is 77.8 Å². The number of thioether (sulfide) groups is 1. The molecule has 1 N–H and O–H groups in total. The maximum atomic E-state index is 11.9. The monoisotopic (exact) mass is 551 g/mol. The second-order valence-electron chi connectivity index (χ2n) is 15.3. The Hall–Kier alpha value is -1.16. The molecule has 1 aromatic carbocycles. The van der Waals surface area contributed by atoms with E-state index >= 15 is 0 Å². The maximum Gasteiger partial charge on any atom is 0.302 e. The molecule has 1 unspecified atom stereocenters. The number of benzene rings is 1. The van der Waals surface area contributed by atoms with E-state index in [0.717, 1.165) is 42.4 Å². The minimum atomic E-state index is -0.110. The van der Waals surface area contributed by atoms with Crippen molar-refractivity contribution in [3.05, 3.63) is 24.3 Å². The molecule has 1 heterocycles. The molecule has 0 saturated heterocycles. The van der Waals surface area contributed by atoms with Gasteiger partial charge < -0.3 is 10.1 Å². The van der Waals surface area contributed by atoms with E-state index in [1.165, 1.54) is 68.4 Å². The first-order valence-electron chi connectivity index (χ1n) is 16.3. The molecule has 1 spiro atoms. The number of hydrogen-bond donors (Lipinski definition) is 1. The summed E-state index contributed by atoms with van der Waals surface area (Å²) in [4.78, 5) is 13.4. The average Bonchev–Trinajstić information content (AvgIpc) is 3.42. The highest BCUT2D eigenvalue weighted by atomic mass is 32.2. The highest BCUT2D eigenvalue weighted by Crippen LogP contribution is 2.73. The smallest absolute Gasteiger partial charge is 0.302 e. The molecule has 6 rings (SSSR count). The SMILES string of the molecule is CC(=O)O[C@H]1CC[C@@]2(C)[C@H](C1)CC1(Nc3ccccc3S1)[C@@H]1[C@@H]2CC[C@]2(C)[C@@H]([C@H](C)CCCC(C)C)CC[C@@H]12. The van der Waals surface area contributed by atoms with E-state index in [-0.39, 0.29) is 16.9 Å². The average molecular weight is 552 g/mol. The molecule has 0 bridgehead atoms. The summed E-state index contributed by atoms with van der Waals surface area (Å²) >= 11 is 2.17. The number of fused-ring (bicyclic) bond motifs is 7. The van der Waals surface area contributed by atoms with Crippen molar-refractivity contribution in [1.29, 1.82) is 0 Å². The molecular formula is C35H53NO2S. The molecule has 4 heteroatoms. The van der Waals surface area contributed by atoms with E-state index in [9.17, 15) is 4.79 Å². The van der Waals surface area contributed by atoms with Crippen molar-refractivity contribution in [1.82, 2.24) is 0 Å². The van der Waals surface area contributed by atoms with E-state index in [1.807, 2.05) is 0 Å². The van der Waals surface area contributed by atoms with Crippen LogP contribution >= 0.6 is 11.8 Å². The summed E-state index contributed by atoms with van der Waals surface area (Å²) in [5.41, 5.74) is 2.16. The second-order valence-corrected chi connectivity index (χ2v) is 16.7. The van der Waals surface area contributed by atoms with Gasteiger partial charge in [-0.2, -0.15) is 0 Å². The lowest BCUT2D eigenvalue weighted by atomic mass is 9.43. The third-order valence-corrected chi connectivity index (χ3v) is 14.2. The van der Waals surface area contributed by atoms with Crippen LogP contribution in [0.15, 0.2) is 29.2 Å². The maximum absolute atomic E-state index is 11.9. The standard InChI is InChI=1S/C35H53NO2S/c1-22(2)10-9-11-23(3)27-14-15-28-32-29(17-19-34(27,28)6)33(5)18-16-26(38-24(4)37)20-25(33)21-35(32)36-30-12-7-8-13-31(30)39-35/h7-8,12-13,22-23,25-29,32,36H,9-11,14-21H2,1-6H3/t23-,25-,26+,27-,28+,29+,32+,33+,34-,35?/m1/s1. The molecule has 216 valence electrons. The first-order valence-corrected chi connectivity index (χ1v) is 17.1. The van der Waals surface area contributed by atoms with Gasteiger partial charge in [-0.3, -0.25) is 4.79 Å². The molecule has 10 atom stereocenters. The number of carbonyl (C=O) groups is 1. The first kappa shape index (κ1) is 28.0. The Kier molecular flexibility index (Phi) is 7.38. The number of para-hydroxylation sites is 1. The van der Waals surface area contributed by atoms with Crippen LogP contribution in [0.2, 0.25) is 0 Å². The molecule has 0 amide bonds. The summed E-state index contributed by atoms with van der Waals surface area (Å²) < 4.78 is 5.84. The number of esters is 1. The van der Waals surface area contributed by atoms with Crippen molar-refractivity contribution in [2.45, 2.75) is 128 Å². The summed E-state index contributed by atoms with van der Waals surface area (Å²) in [6.45, 7) is 14.3. The van der Waals surface area contributed by atoms with Crippen molar-refractivity contribution in [3.63, 3.8) is 0 Å². The Balaban J connectivity index is 1.32. The Labute approximate surface area is 242 Å². The van der Waals surface area contributed by atoms with Crippen LogP contribution in [0.3, 0.4) is 0 Å². The Morgan fingerprint density at radius 1 is 1.03 bits per heavy atom. The van der Waals surface area contributed by atoms with Crippen LogP contribution in [0.4, 0.5) is 5.69 Å². The zero-order chi connectivity index (χ0) is 27.6. The predicted molar refractivity (Wildman–Crippen MR) is 163 cm³/mol. The normalized spacial score (nSPS) is 43.3. The number of carbonyl (C=O) groups excluding carboxylic acids is 1. The zero-order valence-electron chi connectivity index (χ0n) is 25.4. The Bertz CT molecular complexity index is 1050. The fourth-order valence-corrected chi connectivity index (χ4v) is 12.6. The van der Waals surface area contributed by atoms with E-state index in [1.54, 1.807) is 6.92 Å². The van der Waals surface area contributed by atoms with E-state index in [0.29, 0.717) is 22.7 Å². The van der Waals surface area contributed by atoms with Crippen LogP contribution in [0, 0.1) is 52.3 Å². The number of hydrogen-bond acceptors (Lipinski definition) is 4. The predicted octanol–water partition coefficient (Wildman–Crippen LogP) is 9.56. The third kappa shape index (κ3) is 4.67. The van der Waals surface area contributed by atoms with Gasteiger partial charge in [-0.15, -0.1) is 0 Å². The van der Waals surface area contributed by atoms with Crippen LogP contribution in [0.25, 0.3) is 0 Å². The second kappa shape index (κ2) is 10.3. The lowest BCUT2D eigenvalue weighted by molar-refractivity contribution is -0.163. The van der Waals surface area contributed by atoms with Gasteiger partial charge in [0.05, 0.1) is 4.87 Å². The van der Waals surface area contributed by atoms with Gasteiger partial charge in [0.1, 0.15) is 6.10 Å². The van der Waals surface area contributed by atoms with Crippen molar-refractivity contribution in [3.8, 4) is 0 Å². The van der Waals surface area contributed by atoms with Crippen LogP contribution < -0.4 is 5.32 Å². The number of ether oxygens (including phenoxy) is 1. The van der Waals surface area contributed by atoms with Crippen LogP contribution in [0.5, 0.6) is 0 Å².